The van der Waals surface area contributed by atoms with Crippen LogP contribution in [0.4, 0.5) is 8.78 Å². The van der Waals surface area contributed by atoms with Crippen molar-refractivity contribution in [2.45, 2.75) is 26.1 Å². The van der Waals surface area contributed by atoms with E-state index in [1.807, 2.05) is 0 Å². The van der Waals surface area contributed by atoms with Crippen LogP contribution in [-0.4, -0.2) is 42.2 Å². The Kier molecular flexibility index (Phi) is 5.69. The van der Waals surface area contributed by atoms with Crippen molar-refractivity contribution < 1.29 is 23.4 Å². The first kappa shape index (κ1) is 15.4. The first-order valence-electron chi connectivity index (χ1n) is 5.88. The largest absolute Gasteiger partial charge is 0.435 e. The Morgan fingerprint density at radius 3 is 2.42 bits per heavy atom. The molecule has 0 spiro atoms. The van der Waals surface area contributed by atoms with Gasteiger partial charge in [0.05, 0.1) is 6.10 Å². The van der Waals surface area contributed by atoms with E-state index in [-0.39, 0.29) is 11.7 Å². The monoisotopic (exact) mass is 273 g/mol. The van der Waals surface area contributed by atoms with E-state index in [9.17, 15) is 13.6 Å². The maximum absolute atomic E-state index is 12.0. The quantitative estimate of drug-likeness (QED) is 0.863. The second kappa shape index (κ2) is 7.04. The van der Waals surface area contributed by atoms with Crippen molar-refractivity contribution in [2.24, 2.45) is 0 Å². The summed E-state index contributed by atoms with van der Waals surface area (Å²) in [6.07, 6.45) is 0.00603. The highest BCUT2D eigenvalue weighted by molar-refractivity contribution is 5.94. The van der Waals surface area contributed by atoms with E-state index >= 15 is 0 Å². The molecular formula is C13H17F2NO3. The molecule has 0 aliphatic carbocycles. The molecule has 1 rings (SSSR count). The normalized spacial score (nSPS) is 12.3. The lowest BCUT2D eigenvalue weighted by Crippen LogP contribution is -2.29. The molecule has 1 unspecified atom stereocenters. The van der Waals surface area contributed by atoms with E-state index in [1.165, 1.54) is 29.2 Å². The minimum atomic E-state index is -2.88. The van der Waals surface area contributed by atoms with Gasteiger partial charge in [0.25, 0.3) is 5.91 Å². The number of hydrogen-bond donors (Lipinski definition) is 1. The van der Waals surface area contributed by atoms with Crippen LogP contribution in [-0.2, 0) is 0 Å². The number of nitrogens with zero attached hydrogens (tertiary/aromatic N) is 1. The van der Waals surface area contributed by atoms with E-state index < -0.39 is 12.7 Å². The molecule has 0 radical (unpaired) electrons. The van der Waals surface area contributed by atoms with Crippen LogP contribution in [0.3, 0.4) is 0 Å². The topological polar surface area (TPSA) is 49.8 Å². The summed E-state index contributed by atoms with van der Waals surface area (Å²) in [5.41, 5.74) is 0.384. The molecule has 106 valence electrons. The number of aliphatic hydroxyl groups excluding tert-OH is 1. The smallest absolute Gasteiger partial charge is 0.387 e. The van der Waals surface area contributed by atoms with Crippen molar-refractivity contribution >= 4 is 5.91 Å². The molecule has 19 heavy (non-hydrogen) atoms. The minimum absolute atomic E-state index is 0.0122. The van der Waals surface area contributed by atoms with Crippen LogP contribution in [0, 0.1) is 0 Å². The zero-order chi connectivity index (χ0) is 14.4. The number of hydrogen-bond acceptors (Lipinski definition) is 3. The molecule has 0 saturated heterocycles. The predicted molar refractivity (Wildman–Crippen MR) is 66.3 cm³/mol. The van der Waals surface area contributed by atoms with Crippen molar-refractivity contribution in [1.29, 1.82) is 0 Å². The molecule has 0 aromatic heterocycles. The number of rotatable bonds is 6. The van der Waals surface area contributed by atoms with Gasteiger partial charge in [0.1, 0.15) is 5.75 Å². The van der Waals surface area contributed by atoms with E-state index in [1.54, 1.807) is 14.0 Å². The van der Waals surface area contributed by atoms with Crippen LogP contribution in [0.2, 0.25) is 0 Å². The third-order valence-corrected chi connectivity index (χ3v) is 2.56. The molecule has 0 bridgehead atoms. The van der Waals surface area contributed by atoms with Gasteiger partial charge in [0.2, 0.25) is 0 Å². The molecule has 1 N–H and O–H groups in total. The zero-order valence-electron chi connectivity index (χ0n) is 10.8. The summed E-state index contributed by atoms with van der Waals surface area (Å²) in [6.45, 7) is -0.809. The summed E-state index contributed by atoms with van der Waals surface area (Å²) in [4.78, 5) is 13.4. The number of amides is 1. The van der Waals surface area contributed by atoms with Crippen LogP contribution < -0.4 is 4.74 Å². The number of benzene rings is 1. The van der Waals surface area contributed by atoms with Crippen LogP contribution >= 0.6 is 0 Å². The second-order valence-electron chi connectivity index (χ2n) is 4.27. The van der Waals surface area contributed by atoms with Crippen LogP contribution in [0.1, 0.15) is 23.7 Å². The highest BCUT2D eigenvalue weighted by Gasteiger charge is 2.12. The number of aliphatic hydroxyl groups is 1. The summed E-state index contributed by atoms with van der Waals surface area (Å²) in [5.74, 6) is -0.220. The molecule has 0 aliphatic rings. The maximum Gasteiger partial charge on any atom is 0.387 e. The van der Waals surface area contributed by atoms with Gasteiger partial charge in [-0.25, -0.2) is 0 Å². The van der Waals surface area contributed by atoms with Crippen molar-refractivity contribution in [1.82, 2.24) is 4.90 Å². The number of alkyl halides is 2. The standard InChI is InChI=1S/C13H17F2NO3/c1-9(17)7-8-16(2)12(18)10-3-5-11(6-4-10)19-13(14)15/h3-6,9,13,17H,7-8H2,1-2H3. The van der Waals surface area contributed by atoms with Gasteiger partial charge in [0, 0.05) is 19.2 Å². The van der Waals surface area contributed by atoms with E-state index in [0.29, 0.717) is 18.5 Å². The highest BCUT2D eigenvalue weighted by atomic mass is 19.3. The zero-order valence-corrected chi connectivity index (χ0v) is 10.8. The van der Waals surface area contributed by atoms with Crippen LogP contribution in [0.5, 0.6) is 5.75 Å². The molecule has 6 heteroatoms. The maximum atomic E-state index is 12.0. The predicted octanol–water partition coefficient (Wildman–Crippen LogP) is 2.13. The molecule has 0 fully saturated rings. The molecule has 1 aromatic rings. The fourth-order valence-corrected chi connectivity index (χ4v) is 1.48. The lowest BCUT2D eigenvalue weighted by atomic mass is 10.2. The number of carbonyl (C=O) groups excluding carboxylic acids is 1. The van der Waals surface area contributed by atoms with Gasteiger partial charge in [-0.3, -0.25) is 4.79 Å². The highest BCUT2D eigenvalue weighted by Crippen LogP contribution is 2.15. The van der Waals surface area contributed by atoms with Crippen molar-refractivity contribution in [3.63, 3.8) is 0 Å². The second-order valence-corrected chi connectivity index (χ2v) is 4.27. The summed E-state index contributed by atoms with van der Waals surface area (Å²) >= 11 is 0. The minimum Gasteiger partial charge on any atom is -0.435 e. The molecule has 0 saturated carbocycles. The van der Waals surface area contributed by atoms with Crippen molar-refractivity contribution in [3.8, 4) is 5.75 Å². The molecule has 0 heterocycles. The Morgan fingerprint density at radius 2 is 1.95 bits per heavy atom. The lowest BCUT2D eigenvalue weighted by molar-refractivity contribution is -0.0498. The summed E-state index contributed by atoms with van der Waals surface area (Å²) in [7, 11) is 1.62. The first-order chi connectivity index (χ1) is 8.90. The number of carbonyl (C=O) groups is 1. The summed E-state index contributed by atoms with van der Waals surface area (Å²) in [6, 6.07) is 5.50. The Bertz CT molecular complexity index is 407. The van der Waals surface area contributed by atoms with Crippen molar-refractivity contribution in [3.05, 3.63) is 29.8 Å². The van der Waals surface area contributed by atoms with E-state index in [4.69, 9.17) is 5.11 Å². The first-order valence-corrected chi connectivity index (χ1v) is 5.88. The Balaban J connectivity index is 2.61. The van der Waals surface area contributed by atoms with Gasteiger partial charge in [-0.1, -0.05) is 0 Å². The Labute approximate surface area is 110 Å². The molecule has 1 atom stereocenters. The Morgan fingerprint density at radius 1 is 1.37 bits per heavy atom. The van der Waals surface area contributed by atoms with E-state index in [2.05, 4.69) is 4.74 Å². The number of ether oxygens (including phenoxy) is 1. The molecule has 4 nitrogen and oxygen atoms in total. The average Bonchev–Trinajstić information content (AvgIpc) is 2.35. The molecule has 0 aliphatic heterocycles. The van der Waals surface area contributed by atoms with Gasteiger partial charge in [-0.05, 0) is 37.6 Å². The van der Waals surface area contributed by atoms with Crippen LogP contribution in [0.15, 0.2) is 24.3 Å². The summed E-state index contributed by atoms with van der Waals surface area (Å²) in [5, 5.41) is 9.15. The van der Waals surface area contributed by atoms with Gasteiger partial charge in [-0.2, -0.15) is 8.78 Å². The van der Waals surface area contributed by atoms with Gasteiger partial charge in [-0.15, -0.1) is 0 Å². The number of halogens is 2. The van der Waals surface area contributed by atoms with Gasteiger partial charge < -0.3 is 14.7 Å². The van der Waals surface area contributed by atoms with Gasteiger partial charge >= 0.3 is 6.61 Å². The third-order valence-electron chi connectivity index (χ3n) is 2.56. The van der Waals surface area contributed by atoms with Crippen LogP contribution in [0.25, 0.3) is 0 Å². The van der Waals surface area contributed by atoms with Gasteiger partial charge in [0.15, 0.2) is 0 Å². The fourth-order valence-electron chi connectivity index (χ4n) is 1.48. The molecule has 1 aromatic carbocycles. The molecule has 1 amide bonds. The lowest BCUT2D eigenvalue weighted by Gasteiger charge is -2.18. The fraction of sp³-hybridized carbons (Fsp3) is 0.462. The van der Waals surface area contributed by atoms with E-state index in [0.717, 1.165) is 0 Å². The SMILES string of the molecule is CC(O)CCN(C)C(=O)c1ccc(OC(F)F)cc1. The summed E-state index contributed by atoms with van der Waals surface area (Å²) < 4.78 is 28.1. The molecular weight excluding hydrogens is 256 g/mol. The Hall–Kier alpha value is -1.69. The van der Waals surface area contributed by atoms with Crippen molar-refractivity contribution in [2.75, 3.05) is 13.6 Å². The average molecular weight is 273 g/mol. The third kappa shape index (κ3) is 5.21.